The first kappa shape index (κ1) is 17.7. The van der Waals surface area contributed by atoms with Gasteiger partial charge < -0.3 is 18.8 Å². The molecule has 0 spiro atoms. The lowest BCUT2D eigenvalue weighted by atomic mass is 9.94. The smallest absolute Gasteiger partial charge is 0.342 e. The molecule has 3 rings (SSSR count). The SMILES string of the molecule is COC(=O)[C@H]1Cc2ccccc2CN1C(=O)COC(=O)c1ccoc1C. The van der Waals surface area contributed by atoms with E-state index in [4.69, 9.17) is 13.9 Å². The van der Waals surface area contributed by atoms with E-state index in [1.807, 2.05) is 24.3 Å². The van der Waals surface area contributed by atoms with Gasteiger partial charge in [-0.3, -0.25) is 4.79 Å². The van der Waals surface area contributed by atoms with E-state index >= 15 is 0 Å². The second-order valence-electron chi connectivity index (χ2n) is 6.00. The van der Waals surface area contributed by atoms with Crippen molar-refractivity contribution in [1.82, 2.24) is 4.90 Å². The van der Waals surface area contributed by atoms with E-state index in [9.17, 15) is 14.4 Å². The second kappa shape index (κ2) is 7.43. The van der Waals surface area contributed by atoms with Gasteiger partial charge in [0.2, 0.25) is 0 Å². The van der Waals surface area contributed by atoms with Gasteiger partial charge in [-0.05, 0) is 24.1 Å². The van der Waals surface area contributed by atoms with Crippen molar-refractivity contribution in [2.24, 2.45) is 0 Å². The Balaban J connectivity index is 1.72. The third kappa shape index (κ3) is 3.46. The first-order chi connectivity index (χ1) is 12.5. The molecule has 1 amide bonds. The fourth-order valence-electron chi connectivity index (χ4n) is 3.02. The average molecular weight is 357 g/mol. The zero-order chi connectivity index (χ0) is 18.7. The lowest BCUT2D eigenvalue weighted by molar-refractivity contribution is -0.155. The summed E-state index contributed by atoms with van der Waals surface area (Å²) in [6, 6.07) is 8.34. The van der Waals surface area contributed by atoms with Gasteiger partial charge >= 0.3 is 11.9 Å². The number of nitrogens with zero attached hydrogens (tertiary/aromatic N) is 1. The van der Waals surface area contributed by atoms with Gasteiger partial charge in [-0.25, -0.2) is 9.59 Å². The third-order valence-corrected chi connectivity index (χ3v) is 4.45. The van der Waals surface area contributed by atoms with Gasteiger partial charge in [0.05, 0.1) is 13.4 Å². The maximum Gasteiger partial charge on any atom is 0.342 e. The molecule has 0 bridgehead atoms. The minimum atomic E-state index is -0.739. The standard InChI is InChI=1S/C19H19NO6/c1-12-15(7-8-25-12)18(22)26-11-17(21)20-10-14-6-4-3-5-13(14)9-16(20)19(23)24-2/h3-8,16H,9-11H2,1-2H3/t16-/m1/s1. The lowest BCUT2D eigenvalue weighted by Crippen LogP contribution is -2.50. The second-order valence-corrected chi connectivity index (χ2v) is 6.00. The van der Waals surface area contributed by atoms with E-state index in [-0.39, 0.29) is 12.1 Å². The third-order valence-electron chi connectivity index (χ3n) is 4.45. The molecular weight excluding hydrogens is 338 g/mol. The minimum Gasteiger partial charge on any atom is -0.469 e. The first-order valence-corrected chi connectivity index (χ1v) is 8.16. The number of hydrogen-bond acceptors (Lipinski definition) is 6. The molecule has 7 nitrogen and oxygen atoms in total. The predicted molar refractivity (Wildman–Crippen MR) is 90.2 cm³/mol. The van der Waals surface area contributed by atoms with Crippen LogP contribution >= 0.6 is 0 Å². The van der Waals surface area contributed by atoms with Gasteiger partial charge in [-0.15, -0.1) is 0 Å². The Kier molecular flexibility index (Phi) is 5.06. The molecule has 1 aliphatic heterocycles. The van der Waals surface area contributed by atoms with Gasteiger partial charge in [0.25, 0.3) is 5.91 Å². The van der Waals surface area contributed by atoms with Crippen LogP contribution < -0.4 is 0 Å². The summed E-state index contributed by atoms with van der Waals surface area (Å²) in [4.78, 5) is 38.2. The van der Waals surface area contributed by atoms with Crippen LogP contribution in [0.2, 0.25) is 0 Å². The summed E-state index contributed by atoms with van der Waals surface area (Å²) in [6.07, 6.45) is 1.74. The van der Waals surface area contributed by atoms with Crippen LogP contribution in [-0.4, -0.2) is 42.5 Å². The number of amides is 1. The quantitative estimate of drug-likeness (QED) is 0.777. The highest BCUT2D eigenvalue weighted by Gasteiger charge is 2.35. The Hall–Kier alpha value is -3.09. The topological polar surface area (TPSA) is 86.0 Å². The molecule has 0 saturated carbocycles. The molecule has 1 aromatic carbocycles. The van der Waals surface area contributed by atoms with E-state index in [2.05, 4.69) is 0 Å². The van der Waals surface area contributed by atoms with Gasteiger partial charge in [-0.2, -0.15) is 0 Å². The monoisotopic (exact) mass is 357 g/mol. The highest BCUT2D eigenvalue weighted by atomic mass is 16.5. The van der Waals surface area contributed by atoms with Crippen LogP contribution in [0.5, 0.6) is 0 Å². The number of rotatable bonds is 4. The van der Waals surface area contributed by atoms with E-state index in [0.717, 1.165) is 11.1 Å². The molecule has 0 aliphatic carbocycles. The van der Waals surface area contributed by atoms with Gasteiger partial charge in [0.1, 0.15) is 17.4 Å². The van der Waals surface area contributed by atoms with Crippen LogP contribution in [0.1, 0.15) is 27.2 Å². The van der Waals surface area contributed by atoms with Crippen LogP contribution in [0, 0.1) is 6.92 Å². The number of esters is 2. The molecule has 0 saturated heterocycles. The number of ether oxygens (including phenoxy) is 2. The van der Waals surface area contributed by atoms with Crippen molar-refractivity contribution in [2.75, 3.05) is 13.7 Å². The number of carbonyl (C=O) groups excluding carboxylic acids is 3. The number of benzene rings is 1. The van der Waals surface area contributed by atoms with Crippen molar-refractivity contribution in [3.8, 4) is 0 Å². The zero-order valence-corrected chi connectivity index (χ0v) is 14.6. The highest BCUT2D eigenvalue weighted by molar-refractivity contribution is 5.93. The van der Waals surface area contributed by atoms with Crippen molar-refractivity contribution in [3.63, 3.8) is 0 Å². The highest BCUT2D eigenvalue weighted by Crippen LogP contribution is 2.24. The van der Waals surface area contributed by atoms with E-state index in [1.165, 1.54) is 24.3 Å². The summed E-state index contributed by atoms with van der Waals surface area (Å²) in [5, 5.41) is 0. The molecule has 1 aromatic heterocycles. The summed E-state index contributed by atoms with van der Waals surface area (Å²) in [7, 11) is 1.28. The summed E-state index contributed by atoms with van der Waals surface area (Å²) in [5.74, 6) is -1.17. The Morgan fingerprint density at radius 3 is 2.58 bits per heavy atom. The Morgan fingerprint density at radius 1 is 1.19 bits per heavy atom. The van der Waals surface area contributed by atoms with Gasteiger partial charge in [-0.1, -0.05) is 24.3 Å². The average Bonchev–Trinajstić information content (AvgIpc) is 3.10. The lowest BCUT2D eigenvalue weighted by Gasteiger charge is -2.35. The molecular formula is C19H19NO6. The fourth-order valence-corrected chi connectivity index (χ4v) is 3.02. The molecule has 0 radical (unpaired) electrons. The molecule has 0 unspecified atom stereocenters. The van der Waals surface area contributed by atoms with E-state index in [0.29, 0.717) is 12.2 Å². The number of carbonyl (C=O) groups is 3. The fraction of sp³-hybridized carbons (Fsp3) is 0.316. The molecule has 0 fully saturated rings. The van der Waals surface area contributed by atoms with Crippen LogP contribution in [0.4, 0.5) is 0 Å². The van der Waals surface area contributed by atoms with Crippen LogP contribution in [0.25, 0.3) is 0 Å². The molecule has 26 heavy (non-hydrogen) atoms. The molecule has 136 valence electrons. The van der Waals surface area contributed by atoms with Crippen LogP contribution in [0.3, 0.4) is 0 Å². The van der Waals surface area contributed by atoms with E-state index in [1.54, 1.807) is 6.92 Å². The minimum absolute atomic E-state index is 0.261. The maximum absolute atomic E-state index is 12.6. The van der Waals surface area contributed by atoms with E-state index < -0.39 is 30.5 Å². The van der Waals surface area contributed by atoms with Crippen molar-refractivity contribution in [2.45, 2.75) is 25.9 Å². The molecule has 0 N–H and O–H groups in total. The van der Waals surface area contributed by atoms with Crippen LogP contribution in [-0.2, 0) is 32.0 Å². The number of hydrogen-bond donors (Lipinski definition) is 0. The van der Waals surface area contributed by atoms with Gasteiger partial charge in [0.15, 0.2) is 6.61 Å². The Morgan fingerprint density at radius 2 is 1.92 bits per heavy atom. The molecule has 2 aromatic rings. The summed E-state index contributed by atoms with van der Waals surface area (Å²) in [6.45, 7) is 1.43. The van der Waals surface area contributed by atoms with Crippen molar-refractivity contribution >= 4 is 17.8 Å². The molecule has 7 heteroatoms. The van der Waals surface area contributed by atoms with Crippen LogP contribution in [0.15, 0.2) is 41.0 Å². The number of furan rings is 1. The first-order valence-electron chi connectivity index (χ1n) is 8.16. The van der Waals surface area contributed by atoms with Crippen molar-refractivity contribution < 1.29 is 28.3 Å². The Labute approximate surface area is 150 Å². The zero-order valence-electron chi connectivity index (χ0n) is 14.6. The summed E-state index contributed by atoms with van der Waals surface area (Å²) < 4.78 is 15.0. The predicted octanol–water partition coefficient (Wildman–Crippen LogP) is 1.87. The maximum atomic E-state index is 12.6. The van der Waals surface area contributed by atoms with Gasteiger partial charge in [0, 0.05) is 13.0 Å². The molecule has 1 atom stereocenters. The van der Waals surface area contributed by atoms with Crippen molar-refractivity contribution in [3.05, 3.63) is 59.0 Å². The summed E-state index contributed by atoms with van der Waals surface area (Å²) >= 11 is 0. The number of methoxy groups -OCH3 is 1. The largest absolute Gasteiger partial charge is 0.469 e. The number of fused-ring (bicyclic) bond motifs is 1. The van der Waals surface area contributed by atoms with Crippen molar-refractivity contribution in [1.29, 1.82) is 0 Å². The molecule has 2 heterocycles. The molecule has 1 aliphatic rings. The number of aryl methyl sites for hydroxylation is 1. The summed E-state index contributed by atoms with van der Waals surface area (Å²) in [5.41, 5.74) is 2.22. The Bertz CT molecular complexity index is 840. The normalized spacial score (nSPS) is 15.9.